The van der Waals surface area contributed by atoms with Gasteiger partial charge in [-0.1, -0.05) is 36.6 Å². The number of halogens is 1. The molecule has 2 aliphatic rings. The van der Waals surface area contributed by atoms with Gasteiger partial charge in [0.25, 0.3) is 0 Å². The molecular formula is C22H31ClN4O2S. The van der Waals surface area contributed by atoms with Gasteiger partial charge < -0.3 is 11.1 Å². The lowest BCUT2D eigenvalue weighted by Gasteiger charge is -2.25. The zero-order valence-electron chi connectivity index (χ0n) is 17.2. The SMILES string of the molecule is N=C(/C=C/S(=O)(=O)NN1CCCCC1)C1=C(N)C(Cc2cccc(Cl)c2)CCCC1. The summed E-state index contributed by atoms with van der Waals surface area (Å²) >= 11 is 6.11. The first kappa shape index (κ1) is 23.0. The van der Waals surface area contributed by atoms with Crippen molar-refractivity contribution in [3.05, 3.63) is 57.6 Å². The van der Waals surface area contributed by atoms with E-state index in [1.165, 1.54) is 6.08 Å². The smallest absolute Gasteiger partial charge is 0.246 e. The minimum Gasteiger partial charge on any atom is -0.402 e. The molecule has 1 saturated heterocycles. The van der Waals surface area contributed by atoms with Gasteiger partial charge in [0.15, 0.2) is 0 Å². The predicted octanol–water partition coefficient (Wildman–Crippen LogP) is 4.14. The number of hydrazine groups is 1. The van der Waals surface area contributed by atoms with E-state index in [2.05, 4.69) is 4.83 Å². The number of nitrogens with zero attached hydrogens (tertiary/aromatic N) is 1. The summed E-state index contributed by atoms with van der Waals surface area (Å²) in [6.07, 6.45) is 8.84. The summed E-state index contributed by atoms with van der Waals surface area (Å²) in [5, 5.41) is 12.0. The van der Waals surface area contributed by atoms with Crippen molar-refractivity contribution in [3.8, 4) is 0 Å². The van der Waals surface area contributed by atoms with E-state index in [1.807, 2.05) is 24.3 Å². The van der Waals surface area contributed by atoms with Gasteiger partial charge in [-0.3, -0.25) is 0 Å². The Morgan fingerprint density at radius 3 is 2.73 bits per heavy atom. The number of nitrogens with two attached hydrogens (primary N) is 1. The van der Waals surface area contributed by atoms with Crippen LogP contribution in [0.4, 0.5) is 0 Å². The van der Waals surface area contributed by atoms with Gasteiger partial charge in [0.2, 0.25) is 10.0 Å². The van der Waals surface area contributed by atoms with Crippen LogP contribution < -0.4 is 10.6 Å². The maximum absolute atomic E-state index is 12.4. The van der Waals surface area contributed by atoms with Gasteiger partial charge in [-0.25, -0.2) is 13.4 Å². The molecule has 1 unspecified atom stereocenters. The Bertz CT molecular complexity index is 921. The third-order valence-electron chi connectivity index (χ3n) is 5.74. The van der Waals surface area contributed by atoms with E-state index in [1.54, 1.807) is 5.01 Å². The summed E-state index contributed by atoms with van der Waals surface area (Å²) < 4.78 is 24.8. The number of benzene rings is 1. The van der Waals surface area contributed by atoms with E-state index in [-0.39, 0.29) is 11.6 Å². The summed E-state index contributed by atoms with van der Waals surface area (Å²) in [6, 6.07) is 7.76. The highest BCUT2D eigenvalue weighted by molar-refractivity contribution is 7.92. The van der Waals surface area contributed by atoms with Gasteiger partial charge in [-0.2, -0.15) is 0 Å². The van der Waals surface area contributed by atoms with Crippen molar-refractivity contribution in [1.29, 1.82) is 5.41 Å². The molecule has 0 amide bonds. The van der Waals surface area contributed by atoms with Crippen LogP contribution in [0, 0.1) is 11.3 Å². The molecule has 30 heavy (non-hydrogen) atoms. The molecule has 1 atom stereocenters. The van der Waals surface area contributed by atoms with Gasteiger partial charge in [0.05, 0.1) is 5.71 Å². The molecule has 1 aromatic rings. The van der Waals surface area contributed by atoms with Crippen molar-refractivity contribution < 1.29 is 8.42 Å². The molecule has 1 aromatic carbocycles. The molecule has 0 bridgehead atoms. The minimum atomic E-state index is -3.63. The van der Waals surface area contributed by atoms with Gasteiger partial charge in [0.1, 0.15) is 0 Å². The van der Waals surface area contributed by atoms with Crippen molar-refractivity contribution in [2.24, 2.45) is 11.7 Å². The fourth-order valence-electron chi connectivity index (χ4n) is 4.14. The normalized spacial score (nSPS) is 21.7. The number of hydrogen-bond donors (Lipinski definition) is 3. The maximum atomic E-state index is 12.4. The third-order valence-corrected chi connectivity index (χ3v) is 6.98. The van der Waals surface area contributed by atoms with Crippen molar-refractivity contribution in [3.63, 3.8) is 0 Å². The van der Waals surface area contributed by atoms with Crippen LogP contribution in [0.15, 0.2) is 47.0 Å². The molecule has 0 saturated carbocycles. The van der Waals surface area contributed by atoms with Crippen molar-refractivity contribution in [2.45, 2.75) is 51.4 Å². The molecule has 1 fully saturated rings. The van der Waals surface area contributed by atoms with Gasteiger partial charge >= 0.3 is 0 Å². The van der Waals surface area contributed by atoms with Gasteiger partial charge in [-0.15, -0.1) is 4.83 Å². The Labute approximate surface area is 184 Å². The first-order chi connectivity index (χ1) is 14.3. The fraction of sp³-hybridized carbons (Fsp3) is 0.500. The molecular weight excluding hydrogens is 420 g/mol. The highest BCUT2D eigenvalue weighted by atomic mass is 35.5. The average Bonchev–Trinajstić information content (AvgIpc) is 2.89. The summed E-state index contributed by atoms with van der Waals surface area (Å²) in [5.74, 6) is 0.123. The summed E-state index contributed by atoms with van der Waals surface area (Å²) in [4.78, 5) is 2.59. The van der Waals surface area contributed by atoms with Crippen LogP contribution in [0.1, 0.15) is 50.5 Å². The first-order valence-electron chi connectivity index (χ1n) is 10.6. The quantitative estimate of drug-likeness (QED) is 0.543. The Morgan fingerprint density at radius 2 is 2.00 bits per heavy atom. The number of allylic oxidation sites excluding steroid dienone is 3. The zero-order valence-corrected chi connectivity index (χ0v) is 18.8. The summed E-state index contributed by atoms with van der Waals surface area (Å²) in [7, 11) is -3.63. The monoisotopic (exact) mass is 450 g/mol. The van der Waals surface area contributed by atoms with E-state index in [0.717, 1.165) is 61.5 Å². The van der Waals surface area contributed by atoms with E-state index in [4.69, 9.17) is 22.7 Å². The molecule has 8 heteroatoms. The third kappa shape index (κ3) is 6.67. The molecule has 3 rings (SSSR count). The van der Waals surface area contributed by atoms with Crippen LogP contribution in [0.3, 0.4) is 0 Å². The number of sulfonamides is 1. The lowest BCUT2D eigenvalue weighted by molar-refractivity contribution is 0.201. The zero-order chi connectivity index (χ0) is 21.6. The van der Waals surface area contributed by atoms with E-state index < -0.39 is 10.0 Å². The summed E-state index contributed by atoms with van der Waals surface area (Å²) in [5.41, 5.74) is 9.24. The molecule has 6 nitrogen and oxygen atoms in total. The molecule has 4 N–H and O–H groups in total. The Balaban J connectivity index is 1.71. The molecule has 0 radical (unpaired) electrons. The highest BCUT2D eigenvalue weighted by Crippen LogP contribution is 2.30. The lowest BCUT2D eigenvalue weighted by atomic mass is 9.90. The Morgan fingerprint density at radius 1 is 1.23 bits per heavy atom. The Hall–Kier alpha value is -1.67. The second kappa shape index (κ2) is 10.6. The van der Waals surface area contributed by atoms with Crippen LogP contribution in [0.2, 0.25) is 5.02 Å². The second-order valence-electron chi connectivity index (χ2n) is 8.11. The van der Waals surface area contributed by atoms with Crippen molar-refractivity contribution >= 4 is 27.3 Å². The van der Waals surface area contributed by atoms with E-state index in [0.29, 0.717) is 30.2 Å². The van der Waals surface area contributed by atoms with Crippen LogP contribution in [-0.4, -0.2) is 32.2 Å². The van der Waals surface area contributed by atoms with E-state index in [9.17, 15) is 8.42 Å². The van der Waals surface area contributed by atoms with Gasteiger partial charge in [-0.05, 0) is 67.9 Å². The highest BCUT2D eigenvalue weighted by Gasteiger charge is 2.22. The van der Waals surface area contributed by atoms with Crippen molar-refractivity contribution in [1.82, 2.24) is 9.84 Å². The molecule has 0 aromatic heterocycles. The first-order valence-corrected chi connectivity index (χ1v) is 12.5. The van der Waals surface area contributed by atoms with Crippen LogP contribution >= 0.6 is 11.6 Å². The topological polar surface area (TPSA) is 99.3 Å². The number of hydrogen-bond acceptors (Lipinski definition) is 5. The molecule has 1 aliphatic carbocycles. The standard InChI is InChI=1S/C22H31ClN4O2S/c23-19-9-6-7-17(16-19)15-18-8-2-3-10-20(22(18)25)21(24)11-14-30(28,29)26-27-12-4-1-5-13-27/h6-7,9,11,14,16,18,24,26H,1-5,8,10,12-13,15,25H2/b14-11+,24-21?. The fourth-order valence-corrected chi connectivity index (χ4v) is 5.27. The largest absolute Gasteiger partial charge is 0.402 e. The van der Waals surface area contributed by atoms with Crippen LogP contribution in [0.5, 0.6) is 0 Å². The predicted molar refractivity (Wildman–Crippen MR) is 123 cm³/mol. The summed E-state index contributed by atoms with van der Waals surface area (Å²) in [6.45, 7) is 1.43. The van der Waals surface area contributed by atoms with Crippen LogP contribution in [-0.2, 0) is 16.4 Å². The molecule has 164 valence electrons. The molecule has 0 spiro atoms. The number of piperidine rings is 1. The average molecular weight is 451 g/mol. The lowest BCUT2D eigenvalue weighted by Crippen LogP contribution is -2.44. The number of rotatable bonds is 7. The Kier molecular flexibility index (Phi) is 8.11. The van der Waals surface area contributed by atoms with E-state index >= 15 is 0 Å². The van der Waals surface area contributed by atoms with Crippen molar-refractivity contribution in [2.75, 3.05) is 13.1 Å². The van der Waals surface area contributed by atoms with Gasteiger partial charge in [0, 0.05) is 35.1 Å². The minimum absolute atomic E-state index is 0.123. The number of nitrogens with one attached hydrogen (secondary N) is 2. The second-order valence-corrected chi connectivity index (χ2v) is 10.1. The van der Waals surface area contributed by atoms with Crippen LogP contribution in [0.25, 0.3) is 0 Å². The molecule has 1 heterocycles. The molecule has 1 aliphatic heterocycles. The maximum Gasteiger partial charge on any atom is 0.246 e.